The molecule has 0 aliphatic carbocycles. The molecule has 0 spiro atoms. The van der Waals surface area contributed by atoms with Gasteiger partial charge in [0, 0.05) is 29.5 Å². The van der Waals surface area contributed by atoms with Crippen LogP contribution in [0, 0.1) is 5.41 Å². The third-order valence-electron chi connectivity index (χ3n) is 3.60. The molecule has 0 saturated carbocycles. The summed E-state index contributed by atoms with van der Waals surface area (Å²) in [7, 11) is 0. The first kappa shape index (κ1) is 16.5. The molecular formula is C17H23BrO3. The lowest BCUT2D eigenvalue weighted by molar-refractivity contribution is -0.136. The van der Waals surface area contributed by atoms with Gasteiger partial charge in [0.05, 0.1) is 6.61 Å². The van der Waals surface area contributed by atoms with Gasteiger partial charge in [0.15, 0.2) is 5.78 Å². The van der Waals surface area contributed by atoms with Crippen LogP contribution < -0.4 is 4.74 Å². The van der Waals surface area contributed by atoms with Gasteiger partial charge in [0.2, 0.25) is 0 Å². The van der Waals surface area contributed by atoms with Gasteiger partial charge in [-0.2, -0.15) is 0 Å². The summed E-state index contributed by atoms with van der Waals surface area (Å²) in [6.45, 7) is 9.26. The van der Waals surface area contributed by atoms with Crippen molar-refractivity contribution >= 4 is 21.7 Å². The standard InChI is InChI=1S/C17H23BrO3/c1-5-20-16(17(2,3)4)14(19)10-12-9-13(18)8-11-6-7-21-15(11)12/h8-9,16H,5-7,10H2,1-4H3. The Bertz CT molecular complexity index is 532. The van der Waals surface area contributed by atoms with E-state index in [1.54, 1.807) is 0 Å². The highest BCUT2D eigenvalue weighted by atomic mass is 79.9. The summed E-state index contributed by atoms with van der Waals surface area (Å²) in [6.07, 6.45) is 0.868. The van der Waals surface area contributed by atoms with Crippen molar-refractivity contribution in [3.63, 3.8) is 0 Å². The van der Waals surface area contributed by atoms with Gasteiger partial charge in [-0.05, 0) is 30.0 Å². The molecule has 1 aliphatic rings. The van der Waals surface area contributed by atoms with E-state index in [-0.39, 0.29) is 11.2 Å². The van der Waals surface area contributed by atoms with Crippen molar-refractivity contribution < 1.29 is 14.3 Å². The molecule has 3 nitrogen and oxygen atoms in total. The molecule has 1 atom stereocenters. The molecule has 0 N–H and O–H groups in total. The number of carbonyl (C=O) groups excluding carboxylic acids is 1. The highest BCUT2D eigenvalue weighted by molar-refractivity contribution is 9.10. The van der Waals surface area contributed by atoms with E-state index in [0.717, 1.165) is 22.2 Å². The molecular weight excluding hydrogens is 332 g/mol. The number of rotatable bonds is 5. The molecule has 1 aliphatic heterocycles. The number of Topliss-reactive ketones (excluding diaryl/α,β-unsaturated/α-hetero) is 1. The largest absolute Gasteiger partial charge is 0.493 e. The zero-order valence-electron chi connectivity index (χ0n) is 13.2. The van der Waals surface area contributed by atoms with Crippen molar-refractivity contribution in [1.82, 2.24) is 0 Å². The zero-order chi connectivity index (χ0) is 15.6. The smallest absolute Gasteiger partial charge is 0.166 e. The lowest BCUT2D eigenvalue weighted by Crippen LogP contribution is -2.38. The molecule has 1 heterocycles. The fourth-order valence-corrected chi connectivity index (χ4v) is 3.30. The van der Waals surface area contributed by atoms with Crippen LogP contribution in [0.25, 0.3) is 0 Å². The van der Waals surface area contributed by atoms with E-state index in [4.69, 9.17) is 9.47 Å². The minimum Gasteiger partial charge on any atom is -0.493 e. The predicted molar refractivity (Wildman–Crippen MR) is 86.9 cm³/mol. The summed E-state index contributed by atoms with van der Waals surface area (Å²) in [5, 5.41) is 0. The average Bonchev–Trinajstić information content (AvgIpc) is 2.82. The Hall–Kier alpha value is -0.870. The Kier molecular flexibility index (Phi) is 5.10. The fraction of sp³-hybridized carbons (Fsp3) is 0.588. The van der Waals surface area contributed by atoms with Gasteiger partial charge in [-0.25, -0.2) is 0 Å². The first-order valence-electron chi connectivity index (χ1n) is 7.41. The normalized spacial score (nSPS) is 15.5. The zero-order valence-corrected chi connectivity index (χ0v) is 14.7. The predicted octanol–water partition coefficient (Wildman–Crippen LogP) is 3.95. The van der Waals surface area contributed by atoms with E-state index in [0.29, 0.717) is 19.6 Å². The first-order valence-corrected chi connectivity index (χ1v) is 8.20. The van der Waals surface area contributed by atoms with Gasteiger partial charge in [-0.15, -0.1) is 0 Å². The van der Waals surface area contributed by atoms with Crippen LogP contribution in [0.3, 0.4) is 0 Å². The van der Waals surface area contributed by atoms with Crippen molar-refractivity contribution in [2.24, 2.45) is 5.41 Å². The van der Waals surface area contributed by atoms with Crippen LogP contribution in [-0.4, -0.2) is 25.1 Å². The van der Waals surface area contributed by atoms with Crippen LogP contribution in [0.15, 0.2) is 16.6 Å². The Morgan fingerprint density at radius 2 is 2.14 bits per heavy atom. The van der Waals surface area contributed by atoms with Crippen LogP contribution in [-0.2, 0) is 22.4 Å². The van der Waals surface area contributed by atoms with E-state index in [9.17, 15) is 4.79 Å². The summed E-state index contributed by atoms with van der Waals surface area (Å²) in [5.74, 6) is 0.996. The van der Waals surface area contributed by atoms with Crippen molar-refractivity contribution in [3.05, 3.63) is 27.7 Å². The quantitative estimate of drug-likeness (QED) is 0.802. The Balaban J connectivity index is 2.23. The number of ketones is 1. The highest BCUT2D eigenvalue weighted by Crippen LogP contribution is 2.34. The van der Waals surface area contributed by atoms with Gasteiger partial charge in [0.1, 0.15) is 11.9 Å². The van der Waals surface area contributed by atoms with E-state index in [2.05, 4.69) is 22.0 Å². The maximum atomic E-state index is 12.7. The second-order valence-corrected chi connectivity index (χ2v) is 7.41. The van der Waals surface area contributed by atoms with Crippen LogP contribution in [0.1, 0.15) is 38.8 Å². The minimum atomic E-state index is -0.390. The molecule has 0 radical (unpaired) electrons. The molecule has 0 bridgehead atoms. The third-order valence-corrected chi connectivity index (χ3v) is 4.06. The second kappa shape index (κ2) is 6.49. The minimum absolute atomic E-state index is 0.111. The summed E-state index contributed by atoms with van der Waals surface area (Å²) in [6, 6.07) is 4.05. The number of benzene rings is 1. The lowest BCUT2D eigenvalue weighted by atomic mass is 9.84. The number of hydrogen-bond acceptors (Lipinski definition) is 3. The van der Waals surface area contributed by atoms with Crippen LogP contribution in [0.5, 0.6) is 5.75 Å². The van der Waals surface area contributed by atoms with E-state index in [1.165, 1.54) is 5.56 Å². The topological polar surface area (TPSA) is 35.5 Å². The fourth-order valence-electron chi connectivity index (χ4n) is 2.75. The van der Waals surface area contributed by atoms with Crippen LogP contribution >= 0.6 is 15.9 Å². The molecule has 21 heavy (non-hydrogen) atoms. The number of fused-ring (bicyclic) bond motifs is 1. The average molecular weight is 355 g/mol. The van der Waals surface area contributed by atoms with Gasteiger partial charge >= 0.3 is 0 Å². The summed E-state index contributed by atoms with van der Waals surface area (Å²) in [5.41, 5.74) is 1.93. The van der Waals surface area contributed by atoms with Crippen molar-refractivity contribution in [1.29, 1.82) is 0 Å². The van der Waals surface area contributed by atoms with Crippen LogP contribution in [0.2, 0.25) is 0 Å². The van der Waals surface area contributed by atoms with Gasteiger partial charge in [0.25, 0.3) is 0 Å². The number of ether oxygens (including phenoxy) is 2. The van der Waals surface area contributed by atoms with Gasteiger partial charge < -0.3 is 9.47 Å². The Morgan fingerprint density at radius 3 is 2.76 bits per heavy atom. The molecule has 0 fully saturated rings. The van der Waals surface area contributed by atoms with Gasteiger partial charge in [-0.3, -0.25) is 4.79 Å². The van der Waals surface area contributed by atoms with Gasteiger partial charge in [-0.1, -0.05) is 36.7 Å². The molecule has 0 aromatic heterocycles. The number of halogens is 1. The molecule has 1 aromatic carbocycles. The molecule has 0 saturated heterocycles. The first-order chi connectivity index (χ1) is 9.82. The number of hydrogen-bond donors (Lipinski definition) is 0. The second-order valence-electron chi connectivity index (χ2n) is 6.50. The van der Waals surface area contributed by atoms with Crippen molar-refractivity contribution in [2.75, 3.05) is 13.2 Å². The Morgan fingerprint density at radius 1 is 1.43 bits per heavy atom. The molecule has 116 valence electrons. The summed E-state index contributed by atoms with van der Waals surface area (Å²) < 4.78 is 12.4. The monoisotopic (exact) mass is 354 g/mol. The molecule has 2 rings (SSSR count). The van der Waals surface area contributed by atoms with Crippen molar-refractivity contribution in [3.8, 4) is 5.75 Å². The van der Waals surface area contributed by atoms with E-state index in [1.807, 2.05) is 33.8 Å². The number of carbonyl (C=O) groups is 1. The lowest BCUT2D eigenvalue weighted by Gasteiger charge is -2.29. The maximum absolute atomic E-state index is 12.7. The molecule has 1 aromatic rings. The van der Waals surface area contributed by atoms with Crippen LogP contribution in [0.4, 0.5) is 0 Å². The Labute approximate surface area is 135 Å². The molecule has 4 heteroatoms. The highest BCUT2D eigenvalue weighted by Gasteiger charge is 2.32. The molecule has 0 amide bonds. The van der Waals surface area contributed by atoms with Crippen molar-refractivity contribution in [2.45, 2.75) is 46.6 Å². The molecule has 1 unspecified atom stereocenters. The maximum Gasteiger partial charge on any atom is 0.166 e. The SMILES string of the molecule is CCOC(C(=O)Cc1cc(Br)cc2c1OCC2)C(C)(C)C. The summed E-state index contributed by atoms with van der Waals surface area (Å²) in [4.78, 5) is 12.7. The third kappa shape index (κ3) is 3.86. The summed E-state index contributed by atoms with van der Waals surface area (Å²) >= 11 is 3.51. The van der Waals surface area contributed by atoms with E-state index >= 15 is 0 Å². The van der Waals surface area contributed by atoms with E-state index < -0.39 is 6.10 Å².